The van der Waals surface area contributed by atoms with Crippen molar-refractivity contribution in [1.29, 1.82) is 0 Å². The van der Waals surface area contributed by atoms with Gasteiger partial charge < -0.3 is 11.5 Å². The number of amides is 2. The standard InChI is InChI=1S/C31H33N9O2.ClH/c32-17-20-6-10-23(11-7-20)31(42)40(24-14-12-22(13-15-24)30-36-38-39-37-30)28(29(33)41)16-19-4-8-21(9-5-19)25-2-1-3-27-26(25)18-34-35-27;/h1-5,8-9,12-15,18,20,23,28H,6-7,10-11,16-17,32H2,(H2,33,41)(H,34,35)(H,36,37,38,39);1H/t20-,23-,28-;/m0./s1. The molecule has 0 aliphatic heterocycles. The van der Waals surface area contributed by atoms with Crippen molar-refractivity contribution < 1.29 is 9.59 Å². The molecular weight excluding hydrogens is 566 g/mol. The molecule has 43 heavy (non-hydrogen) atoms. The third kappa shape index (κ3) is 6.27. The molecule has 0 unspecified atom stereocenters. The van der Waals surface area contributed by atoms with Gasteiger partial charge in [0.05, 0.1) is 11.7 Å². The van der Waals surface area contributed by atoms with E-state index in [1.54, 1.807) is 17.0 Å². The quantitative estimate of drug-likeness (QED) is 0.198. The summed E-state index contributed by atoms with van der Waals surface area (Å²) in [5.41, 5.74) is 17.2. The van der Waals surface area contributed by atoms with Gasteiger partial charge in [-0.2, -0.15) is 10.3 Å². The number of nitrogens with one attached hydrogen (secondary N) is 2. The van der Waals surface area contributed by atoms with Crippen LogP contribution in [0, 0.1) is 11.8 Å². The Kier molecular flexibility index (Phi) is 9.13. The molecule has 12 heteroatoms. The lowest BCUT2D eigenvalue weighted by Gasteiger charge is -2.35. The number of nitrogens with zero attached hydrogens (tertiary/aromatic N) is 5. The number of H-pyrrole nitrogens is 2. The first kappa shape index (κ1) is 29.9. The maximum Gasteiger partial charge on any atom is 0.240 e. The molecule has 222 valence electrons. The fraction of sp³-hybridized carbons (Fsp3) is 0.290. The SMILES string of the molecule is Cl.NC[C@H]1CC[C@H](C(=O)N(c2ccc(-c3nn[nH]n3)cc2)[C@@H](Cc2ccc(-c3cccc4[nH]ncc34)cc2)C(N)=O)CC1. The van der Waals surface area contributed by atoms with Crippen molar-refractivity contribution in [2.45, 2.75) is 38.1 Å². The number of aromatic nitrogens is 6. The fourth-order valence-corrected chi connectivity index (χ4v) is 5.94. The van der Waals surface area contributed by atoms with E-state index in [9.17, 15) is 9.59 Å². The second-order valence-electron chi connectivity index (χ2n) is 10.9. The minimum absolute atomic E-state index is 0. The largest absolute Gasteiger partial charge is 0.368 e. The molecule has 0 radical (unpaired) electrons. The molecule has 3 aromatic carbocycles. The second-order valence-corrected chi connectivity index (χ2v) is 10.9. The summed E-state index contributed by atoms with van der Waals surface area (Å²) in [4.78, 5) is 28.7. The lowest BCUT2D eigenvalue weighted by Crippen LogP contribution is -2.52. The first-order chi connectivity index (χ1) is 20.5. The van der Waals surface area contributed by atoms with Crippen LogP contribution in [0.4, 0.5) is 5.69 Å². The average molecular weight is 600 g/mol. The first-order valence-electron chi connectivity index (χ1n) is 14.2. The third-order valence-corrected chi connectivity index (χ3v) is 8.33. The van der Waals surface area contributed by atoms with Crippen molar-refractivity contribution in [3.8, 4) is 22.5 Å². The number of halogens is 1. The molecule has 1 atom stereocenters. The molecule has 2 amide bonds. The van der Waals surface area contributed by atoms with Gasteiger partial charge in [-0.15, -0.1) is 22.6 Å². The number of tetrazole rings is 1. The average Bonchev–Trinajstić information content (AvgIpc) is 3.74. The smallest absolute Gasteiger partial charge is 0.240 e. The maximum absolute atomic E-state index is 14.1. The summed E-state index contributed by atoms with van der Waals surface area (Å²) in [6.07, 6.45) is 5.35. The molecule has 1 saturated carbocycles. The molecule has 0 saturated heterocycles. The predicted molar refractivity (Wildman–Crippen MR) is 167 cm³/mol. The summed E-state index contributed by atoms with van der Waals surface area (Å²) in [5, 5.41) is 22.3. The Morgan fingerprint density at radius 2 is 1.67 bits per heavy atom. The molecule has 5 aromatic rings. The van der Waals surface area contributed by atoms with Crippen LogP contribution in [0.3, 0.4) is 0 Å². The monoisotopic (exact) mass is 599 g/mol. The van der Waals surface area contributed by atoms with E-state index in [4.69, 9.17) is 11.5 Å². The van der Waals surface area contributed by atoms with Crippen molar-refractivity contribution in [2.75, 3.05) is 11.4 Å². The minimum Gasteiger partial charge on any atom is -0.368 e. The van der Waals surface area contributed by atoms with Gasteiger partial charge in [-0.05, 0) is 90.4 Å². The Morgan fingerprint density at radius 3 is 2.33 bits per heavy atom. The van der Waals surface area contributed by atoms with E-state index in [1.165, 1.54) is 0 Å². The molecule has 0 spiro atoms. The number of benzene rings is 3. The van der Waals surface area contributed by atoms with Gasteiger partial charge in [0.15, 0.2) is 0 Å². The van der Waals surface area contributed by atoms with E-state index in [0.717, 1.165) is 58.8 Å². The predicted octanol–water partition coefficient (Wildman–Crippen LogP) is 4.03. The summed E-state index contributed by atoms with van der Waals surface area (Å²) >= 11 is 0. The highest BCUT2D eigenvalue weighted by molar-refractivity contribution is 6.02. The van der Waals surface area contributed by atoms with Crippen LogP contribution in [-0.2, 0) is 16.0 Å². The normalized spacial score (nSPS) is 17.2. The van der Waals surface area contributed by atoms with Crippen molar-refractivity contribution >= 4 is 40.8 Å². The molecule has 0 bridgehead atoms. The Morgan fingerprint density at radius 1 is 0.953 bits per heavy atom. The van der Waals surface area contributed by atoms with E-state index in [1.807, 2.05) is 54.7 Å². The van der Waals surface area contributed by atoms with E-state index in [2.05, 4.69) is 36.9 Å². The number of nitrogens with two attached hydrogens (primary N) is 2. The Labute approximate surface area is 254 Å². The minimum atomic E-state index is -0.871. The highest BCUT2D eigenvalue weighted by Crippen LogP contribution is 2.33. The third-order valence-electron chi connectivity index (χ3n) is 8.33. The Bertz CT molecular complexity index is 1660. The summed E-state index contributed by atoms with van der Waals surface area (Å²) in [6, 6.07) is 20.4. The number of rotatable bonds is 9. The van der Waals surface area contributed by atoms with Crippen molar-refractivity contribution in [3.63, 3.8) is 0 Å². The van der Waals surface area contributed by atoms with Crippen LogP contribution in [0.5, 0.6) is 0 Å². The molecule has 1 aliphatic rings. The second kappa shape index (κ2) is 13.1. The molecular formula is C31H34ClN9O2. The van der Waals surface area contributed by atoms with Crippen molar-refractivity contribution in [2.24, 2.45) is 23.3 Å². The molecule has 2 aromatic heterocycles. The van der Waals surface area contributed by atoms with Gasteiger partial charge in [0.1, 0.15) is 6.04 Å². The van der Waals surface area contributed by atoms with E-state index in [-0.39, 0.29) is 30.7 Å². The number of carbonyl (C=O) groups excluding carboxylic acids is 2. The summed E-state index contributed by atoms with van der Waals surface area (Å²) < 4.78 is 0. The fourth-order valence-electron chi connectivity index (χ4n) is 5.94. The van der Waals surface area contributed by atoms with Crippen LogP contribution in [0.2, 0.25) is 0 Å². The zero-order valence-corrected chi connectivity index (χ0v) is 24.3. The van der Waals surface area contributed by atoms with E-state index in [0.29, 0.717) is 24.0 Å². The molecule has 1 fully saturated rings. The van der Waals surface area contributed by atoms with Crippen LogP contribution >= 0.6 is 12.4 Å². The maximum atomic E-state index is 14.1. The zero-order chi connectivity index (χ0) is 29.1. The van der Waals surface area contributed by atoms with E-state index < -0.39 is 11.9 Å². The van der Waals surface area contributed by atoms with Gasteiger partial charge in [0.25, 0.3) is 0 Å². The van der Waals surface area contributed by atoms with E-state index >= 15 is 0 Å². The molecule has 2 heterocycles. The van der Waals surface area contributed by atoms with Crippen molar-refractivity contribution in [3.05, 3.63) is 78.5 Å². The molecule has 6 N–H and O–H groups in total. The number of fused-ring (bicyclic) bond motifs is 1. The number of hydrogen-bond acceptors (Lipinski definition) is 7. The number of primary amides is 1. The van der Waals surface area contributed by atoms with Gasteiger partial charge in [0.2, 0.25) is 17.6 Å². The number of aromatic amines is 2. The number of hydrogen-bond donors (Lipinski definition) is 4. The number of carbonyl (C=O) groups is 2. The number of anilines is 1. The van der Waals surface area contributed by atoms with Crippen LogP contribution in [-0.4, -0.2) is 55.2 Å². The topological polar surface area (TPSA) is 173 Å². The van der Waals surface area contributed by atoms with Gasteiger partial charge in [-0.1, -0.05) is 36.4 Å². The van der Waals surface area contributed by atoms with Crippen LogP contribution in [0.15, 0.2) is 72.9 Å². The van der Waals surface area contributed by atoms with Crippen LogP contribution in [0.25, 0.3) is 33.4 Å². The molecule has 6 rings (SSSR count). The van der Waals surface area contributed by atoms with Gasteiger partial charge in [0, 0.05) is 29.0 Å². The summed E-state index contributed by atoms with van der Waals surface area (Å²) in [6.45, 7) is 0.622. The Balaban J connectivity index is 0.00000368. The van der Waals surface area contributed by atoms with Gasteiger partial charge in [-0.25, -0.2) is 0 Å². The molecule has 11 nitrogen and oxygen atoms in total. The van der Waals surface area contributed by atoms with Gasteiger partial charge >= 0.3 is 0 Å². The highest BCUT2D eigenvalue weighted by Gasteiger charge is 2.36. The summed E-state index contributed by atoms with van der Waals surface area (Å²) in [7, 11) is 0. The summed E-state index contributed by atoms with van der Waals surface area (Å²) in [5.74, 6) is 0.00922. The first-order valence-corrected chi connectivity index (χ1v) is 14.2. The highest BCUT2D eigenvalue weighted by atomic mass is 35.5. The zero-order valence-electron chi connectivity index (χ0n) is 23.5. The lowest BCUT2D eigenvalue weighted by atomic mass is 9.81. The van der Waals surface area contributed by atoms with Crippen molar-refractivity contribution in [1.82, 2.24) is 30.8 Å². The Hall–Kier alpha value is -4.61. The van der Waals surface area contributed by atoms with Crippen LogP contribution in [0.1, 0.15) is 31.2 Å². The van der Waals surface area contributed by atoms with Crippen LogP contribution < -0.4 is 16.4 Å². The van der Waals surface area contributed by atoms with Gasteiger partial charge in [-0.3, -0.25) is 19.6 Å². The lowest BCUT2D eigenvalue weighted by molar-refractivity contribution is -0.127. The molecule has 1 aliphatic carbocycles.